The molecule has 0 heterocycles. The van der Waals surface area contributed by atoms with Crippen molar-refractivity contribution in [3.05, 3.63) is 29.8 Å². The summed E-state index contributed by atoms with van der Waals surface area (Å²) in [7, 11) is -1.99. The van der Waals surface area contributed by atoms with Crippen LogP contribution in [-0.2, 0) is 5.60 Å². The monoisotopic (exact) mass is 303 g/mol. The quantitative estimate of drug-likeness (QED) is 0.646. The van der Waals surface area contributed by atoms with Crippen LogP contribution in [-0.4, -0.2) is 31.3 Å². The highest BCUT2D eigenvalue weighted by Gasteiger charge is 2.71. The van der Waals surface area contributed by atoms with E-state index in [-0.39, 0.29) is 5.19 Å². The van der Waals surface area contributed by atoms with E-state index in [9.17, 15) is 31.1 Å². The molecule has 0 spiro atoms. The molecule has 19 heavy (non-hydrogen) atoms. The molecule has 0 saturated heterocycles. The highest BCUT2D eigenvalue weighted by atomic mass is 28.3. The molecule has 0 bridgehead atoms. The van der Waals surface area contributed by atoms with Crippen molar-refractivity contribution in [1.82, 2.24) is 0 Å². The summed E-state index contributed by atoms with van der Waals surface area (Å²) in [5.74, 6) is 0. The molecule has 0 unspecified atom stereocenters. The van der Waals surface area contributed by atoms with E-state index in [1.54, 1.807) is 0 Å². The standard InChI is InChI=1S/C10H9F6O2Si/c1-19(18)7-4-2-6(3-5-7)8(17,9(11,12)13)10(14,15)16/h2-5,17-18H,1H3. The predicted molar refractivity (Wildman–Crippen MR) is 55.9 cm³/mol. The van der Waals surface area contributed by atoms with E-state index in [1.165, 1.54) is 6.55 Å². The number of aliphatic hydroxyl groups is 1. The van der Waals surface area contributed by atoms with Gasteiger partial charge in [0.25, 0.3) is 5.60 Å². The maximum Gasteiger partial charge on any atom is 0.430 e. The van der Waals surface area contributed by atoms with E-state index in [0.29, 0.717) is 12.1 Å². The molecule has 0 aliphatic rings. The Kier molecular flexibility index (Phi) is 4.04. The van der Waals surface area contributed by atoms with Crippen molar-refractivity contribution in [2.24, 2.45) is 0 Å². The fraction of sp³-hybridized carbons (Fsp3) is 0.400. The molecule has 1 aromatic rings. The van der Waals surface area contributed by atoms with Gasteiger partial charge in [-0.2, -0.15) is 26.3 Å². The van der Waals surface area contributed by atoms with Crippen LogP contribution in [0.3, 0.4) is 0 Å². The van der Waals surface area contributed by atoms with Gasteiger partial charge in [-0.25, -0.2) is 0 Å². The summed E-state index contributed by atoms with van der Waals surface area (Å²) in [4.78, 5) is 9.23. The van der Waals surface area contributed by atoms with Gasteiger partial charge in [-0.15, -0.1) is 0 Å². The molecule has 2 N–H and O–H groups in total. The van der Waals surface area contributed by atoms with Crippen molar-refractivity contribution < 1.29 is 36.2 Å². The minimum Gasteiger partial charge on any atom is -0.427 e. The maximum atomic E-state index is 12.5. The van der Waals surface area contributed by atoms with Crippen molar-refractivity contribution in [3.8, 4) is 0 Å². The summed E-state index contributed by atoms with van der Waals surface area (Å²) in [5, 5.41) is 9.32. The van der Waals surface area contributed by atoms with Gasteiger partial charge in [-0.05, 0) is 11.7 Å². The first kappa shape index (κ1) is 16.0. The number of alkyl halides is 6. The Morgan fingerprint density at radius 3 is 1.53 bits per heavy atom. The van der Waals surface area contributed by atoms with Crippen molar-refractivity contribution in [1.29, 1.82) is 0 Å². The molecule has 0 aliphatic heterocycles. The SMILES string of the molecule is C[Si](O)c1ccc(C(O)(C(F)(F)F)C(F)(F)F)cc1. The zero-order valence-electron chi connectivity index (χ0n) is 9.47. The number of hydrogen-bond donors (Lipinski definition) is 2. The van der Waals surface area contributed by atoms with Crippen molar-refractivity contribution in [2.45, 2.75) is 24.5 Å². The Labute approximate surface area is 106 Å². The lowest BCUT2D eigenvalue weighted by Crippen LogP contribution is -2.54. The van der Waals surface area contributed by atoms with E-state index in [2.05, 4.69) is 0 Å². The van der Waals surface area contributed by atoms with Gasteiger partial charge in [0.1, 0.15) is 0 Å². The number of hydrogen-bond acceptors (Lipinski definition) is 2. The van der Waals surface area contributed by atoms with Gasteiger partial charge in [0.05, 0.1) is 0 Å². The Morgan fingerprint density at radius 1 is 0.895 bits per heavy atom. The summed E-state index contributed by atoms with van der Waals surface area (Å²) >= 11 is 0. The average Bonchev–Trinajstić information content (AvgIpc) is 2.25. The Bertz CT molecular complexity index is 423. The van der Waals surface area contributed by atoms with Crippen LogP contribution < -0.4 is 5.19 Å². The molecule has 0 amide bonds. The lowest BCUT2D eigenvalue weighted by Gasteiger charge is -2.32. The summed E-state index contributed by atoms with van der Waals surface area (Å²) in [6, 6.07) is 2.90. The predicted octanol–water partition coefficient (Wildman–Crippen LogP) is 1.82. The lowest BCUT2D eigenvalue weighted by molar-refractivity contribution is -0.376. The molecule has 2 nitrogen and oxygen atoms in total. The third-order valence-electron chi connectivity index (χ3n) is 2.54. The summed E-state index contributed by atoms with van der Waals surface area (Å²) in [6.45, 7) is 1.40. The zero-order chi connectivity index (χ0) is 15.1. The molecule has 0 aliphatic carbocycles. The van der Waals surface area contributed by atoms with Crippen LogP contribution in [0.25, 0.3) is 0 Å². The lowest BCUT2D eigenvalue weighted by atomic mass is 9.92. The second-order valence-electron chi connectivity index (χ2n) is 3.87. The number of halogens is 6. The molecule has 107 valence electrons. The first-order valence-electron chi connectivity index (χ1n) is 4.90. The van der Waals surface area contributed by atoms with Crippen LogP contribution in [0.2, 0.25) is 6.55 Å². The van der Waals surface area contributed by atoms with Gasteiger partial charge in [-0.3, -0.25) is 0 Å². The molecule has 0 saturated carbocycles. The maximum absolute atomic E-state index is 12.5. The van der Waals surface area contributed by atoms with Crippen molar-refractivity contribution >= 4 is 14.2 Å². The summed E-state index contributed by atoms with van der Waals surface area (Å²) in [5.41, 5.74) is -6.26. The van der Waals surface area contributed by atoms with Crippen LogP contribution in [0, 0.1) is 0 Å². The average molecular weight is 303 g/mol. The van der Waals surface area contributed by atoms with Gasteiger partial charge in [0.15, 0.2) is 0 Å². The second kappa shape index (κ2) is 4.80. The minimum absolute atomic E-state index is 0.237. The molecule has 9 heteroatoms. The first-order chi connectivity index (χ1) is 8.41. The van der Waals surface area contributed by atoms with E-state index in [1.807, 2.05) is 0 Å². The zero-order valence-corrected chi connectivity index (χ0v) is 10.5. The second-order valence-corrected chi connectivity index (χ2v) is 5.62. The van der Waals surface area contributed by atoms with Crippen LogP contribution in [0.15, 0.2) is 24.3 Å². The Morgan fingerprint density at radius 2 is 1.26 bits per heavy atom. The number of benzene rings is 1. The fourth-order valence-electron chi connectivity index (χ4n) is 1.44. The third-order valence-corrected chi connectivity index (χ3v) is 3.71. The minimum atomic E-state index is -5.90. The molecule has 1 rings (SSSR count). The number of rotatable bonds is 2. The molecule has 0 aromatic heterocycles. The first-order valence-corrected chi connectivity index (χ1v) is 6.85. The van der Waals surface area contributed by atoms with Gasteiger partial charge in [0.2, 0.25) is 9.04 Å². The third kappa shape index (κ3) is 2.77. The van der Waals surface area contributed by atoms with E-state index < -0.39 is 32.6 Å². The van der Waals surface area contributed by atoms with Gasteiger partial charge in [-0.1, -0.05) is 24.3 Å². The molecule has 1 radical (unpaired) electrons. The normalized spacial score (nSPS) is 14.0. The Hall–Kier alpha value is -1.06. The van der Waals surface area contributed by atoms with Crippen molar-refractivity contribution in [2.75, 3.05) is 0 Å². The summed E-state index contributed by atoms with van der Waals surface area (Å²) < 4.78 is 75.2. The Balaban J connectivity index is 3.36. The largest absolute Gasteiger partial charge is 0.430 e. The van der Waals surface area contributed by atoms with Crippen molar-refractivity contribution in [3.63, 3.8) is 0 Å². The van der Waals surface area contributed by atoms with E-state index in [0.717, 1.165) is 12.1 Å². The molecular weight excluding hydrogens is 294 g/mol. The van der Waals surface area contributed by atoms with Gasteiger partial charge >= 0.3 is 12.4 Å². The topological polar surface area (TPSA) is 40.5 Å². The smallest absolute Gasteiger partial charge is 0.427 e. The fourth-order valence-corrected chi connectivity index (χ4v) is 2.09. The molecule has 0 atom stereocenters. The van der Waals surface area contributed by atoms with E-state index in [4.69, 9.17) is 5.11 Å². The summed E-state index contributed by atoms with van der Waals surface area (Å²) in [6.07, 6.45) is -11.8. The van der Waals surface area contributed by atoms with Crippen LogP contribution in [0.4, 0.5) is 26.3 Å². The van der Waals surface area contributed by atoms with Crippen LogP contribution in [0.1, 0.15) is 5.56 Å². The molecule has 0 fully saturated rings. The van der Waals surface area contributed by atoms with Gasteiger partial charge in [0, 0.05) is 5.56 Å². The highest BCUT2D eigenvalue weighted by Crippen LogP contribution is 2.49. The molecule has 1 aromatic carbocycles. The molecular formula is C10H9F6O2Si. The highest BCUT2D eigenvalue weighted by molar-refractivity contribution is 6.64. The van der Waals surface area contributed by atoms with Gasteiger partial charge < -0.3 is 9.90 Å². The van der Waals surface area contributed by atoms with Crippen LogP contribution in [0.5, 0.6) is 0 Å². The van der Waals surface area contributed by atoms with Crippen LogP contribution >= 0.6 is 0 Å². The van der Waals surface area contributed by atoms with E-state index >= 15 is 0 Å².